The number of aliphatic hydroxyl groups is 1. The number of anilines is 2. The molecule has 0 saturated heterocycles. The van der Waals surface area contributed by atoms with Crippen molar-refractivity contribution < 1.29 is 5.11 Å². The highest BCUT2D eigenvalue weighted by atomic mass is 16.3. The zero-order valence-electron chi connectivity index (χ0n) is 9.96. The highest BCUT2D eigenvalue weighted by molar-refractivity contribution is 5.58. The summed E-state index contributed by atoms with van der Waals surface area (Å²) in [7, 11) is 1.94. The number of aliphatic hydroxyl groups excluding tert-OH is 1. The van der Waals surface area contributed by atoms with E-state index in [9.17, 15) is 0 Å². The summed E-state index contributed by atoms with van der Waals surface area (Å²) in [5, 5.41) is 8.90. The first-order valence-corrected chi connectivity index (χ1v) is 5.43. The van der Waals surface area contributed by atoms with E-state index in [0.717, 1.165) is 11.5 Å². The molecule has 0 atom stereocenters. The van der Waals surface area contributed by atoms with Crippen molar-refractivity contribution in [3.05, 3.63) is 47.9 Å². The Morgan fingerprint density at radius 3 is 2.65 bits per heavy atom. The van der Waals surface area contributed by atoms with E-state index in [1.807, 2.05) is 24.1 Å². The zero-order valence-corrected chi connectivity index (χ0v) is 9.96. The van der Waals surface area contributed by atoms with E-state index in [1.54, 1.807) is 12.4 Å². The zero-order chi connectivity index (χ0) is 12.3. The van der Waals surface area contributed by atoms with E-state index >= 15 is 0 Å². The van der Waals surface area contributed by atoms with Crippen LogP contribution >= 0.6 is 0 Å². The molecule has 0 radical (unpaired) electrons. The van der Waals surface area contributed by atoms with E-state index in [4.69, 9.17) is 5.11 Å². The Morgan fingerprint density at radius 2 is 2.06 bits per heavy atom. The Hall–Kier alpha value is -1.94. The van der Waals surface area contributed by atoms with Crippen molar-refractivity contribution in [2.24, 2.45) is 0 Å². The average Bonchev–Trinajstić information content (AvgIpc) is 2.38. The highest BCUT2D eigenvalue weighted by Crippen LogP contribution is 2.21. The molecule has 0 saturated carbocycles. The lowest BCUT2D eigenvalue weighted by Crippen LogP contribution is -2.12. The van der Waals surface area contributed by atoms with Crippen molar-refractivity contribution in [3.63, 3.8) is 0 Å². The number of benzene rings is 1. The van der Waals surface area contributed by atoms with Crippen LogP contribution in [0.3, 0.4) is 0 Å². The molecule has 17 heavy (non-hydrogen) atoms. The lowest BCUT2D eigenvalue weighted by molar-refractivity contribution is 0.276. The maximum Gasteiger partial charge on any atom is 0.151 e. The van der Waals surface area contributed by atoms with Gasteiger partial charge in [-0.1, -0.05) is 12.1 Å². The molecule has 0 spiro atoms. The summed E-state index contributed by atoms with van der Waals surface area (Å²) < 4.78 is 0. The molecule has 0 aliphatic heterocycles. The fourth-order valence-corrected chi connectivity index (χ4v) is 1.57. The van der Waals surface area contributed by atoms with Crippen molar-refractivity contribution in [2.45, 2.75) is 13.5 Å². The topological polar surface area (TPSA) is 49.2 Å². The van der Waals surface area contributed by atoms with Gasteiger partial charge in [0.25, 0.3) is 0 Å². The van der Waals surface area contributed by atoms with Gasteiger partial charge in [-0.25, -0.2) is 4.98 Å². The summed E-state index contributed by atoms with van der Waals surface area (Å²) in [5.41, 5.74) is 2.84. The molecule has 0 unspecified atom stereocenters. The van der Waals surface area contributed by atoms with Crippen LogP contribution in [0.15, 0.2) is 36.7 Å². The molecule has 0 fully saturated rings. The van der Waals surface area contributed by atoms with Crippen molar-refractivity contribution in [1.29, 1.82) is 0 Å². The van der Waals surface area contributed by atoms with E-state index in [1.165, 1.54) is 5.56 Å². The van der Waals surface area contributed by atoms with Gasteiger partial charge < -0.3 is 10.0 Å². The minimum atomic E-state index is -0.0819. The van der Waals surface area contributed by atoms with E-state index in [2.05, 4.69) is 29.0 Å². The summed E-state index contributed by atoms with van der Waals surface area (Å²) in [4.78, 5) is 10.3. The van der Waals surface area contributed by atoms with E-state index in [0.29, 0.717) is 5.69 Å². The summed E-state index contributed by atoms with van der Waals surface area (Å²) in [5.74, 6) is 0.757. The number of rotatable bonds is 3. The Bertz CT molecular complexity index is 496. The number of hydrogen-bond donors (Lipinski definition) is 1. The van der Waals surface area contributed by atoms with Crippen LogP contribution in [0.4, 0.5) is 11.5 Å². The third-order valence-corrected chi connectivity index (χ3v) is 2.59. The van der Waals surface area contributed by atoms with Crippen LogP contribution in [0.1, 0.15) is 11.3 Å². The molecule has 0 aliphatic carbocycles. The normalized spacial score (nSPS) is 10.3. The summed E-state index contributed by atoms with van der Waals surface area (Å²) in [6, 6.07) is 8.17. The lowest BCUT2D eigenvalue weighted by Gasteiger charge is -2.18. The minimum Gasteiger partial charge on any atom is -0.390 e. The first-order valence-electron chi connectivity index (χ1n) is 5.43. The Labute approximate surface area is 101 Å². The quantitative estimate of drug-likeness (QED) is 0.875. The molecule has 1 aromatic carbocycles. The number of hydrogen-bond acceptors (Lipinski definition) is 4. The van der Waals surface area contributed by atoms with Gasteiger partial charge in [0.05, 0.1) is 24.7 Å². The van der Waals surface area contributed by atoms with Crippen molar-refractivity contribution in [1.82, 2.24) is 9.97 Å². The second-order valence-electron chi connectivity index (χ2n) is 3.92. The van der Waals surface area contributed by atoms with Gasteiger partial charge in [0, 0.05) is 12.7 Å². The van der Waals surface area contributed by atoms with Crippen LogP contribution in [0.5, 0.6) is 0 Å². The molecule has 2 aromatic rings. The molecular formula is C13H15N3O. The third kappa shape index (κ3) is 2.60. The van der Waals surface area contributed by atoms with Crippen LogP contribution in [0, 0.1) is 6.92 Å². The predicted octanol–water partition coefficient (Wildman–Crippen LogP) is 2.05. The number of aryl methyl sites for hydroxylation is 1. The van der Waals surface area contributed by atoms with Gasteiger partial charge in [-0.05, 0) is 24.6 Å². The average molecular weight is 229 g/mol. The van der Waals surface area contributed by atoms with Crippen molar-refractivity contribution in [3.8, 4) is 0 Å². The molecule has 4 heteroatoms. The monoisotopic (exact) mass is 229 g/mol. The molecule has 0 bridgehead atoms. The van der Waals surface area contributed by atoms with Crippen LogP contribution in [-0.4, -0.2) is 22.1 Å². The molecule has 1 N–H and O–H groups in total. The minimum absolute atomic E-state index is 0.0819. The van der Waals surface area contributed by atoms with Gasteiger partial charge >= 0.3 is 0 Å². The Morgan fingerprint density at radius 1 is 1.24 bits per heavy atom. The largest absolute Gasteiger partial charge is 0.390 e. The summed E-state index contributed by atoms with van der Waals surface area (Å²) in [6.45, 7) is 1.97. The van der Waals surface area contributed by atoms with Crippen LogP contribution < -0.4 is 4.90 Å². The van der Waals surface area contributed by atoms with Gasteiger partial charge in [0.2, 0.25) is 0 Å². The Kier molecular flexibility index (Phi) is 3.35. The van der Waals surface area contributed by atoms with Gasteiger partial charge in [-0.2, -0.15) is 0 Å². The maximum atomic E-state index is 8.90. The van der Waals surface area contributed by atoms with E-state index in [-0.39, 0.29) is 6.61 Å². The number of nitrogens with zero attached hydrogens (tertiary/aromatic N) is 3. The molecule has 88 valence electrons. The molecule has 1 heterocycles. The first-order chi connectivity index (χ1) is 8.20. The van der Waals surface area contributed by atoms with Crippen LogP contribution in [0.25, 0.3) is 0 Å². The lowest BCUT2D eigenvalue weighted by atomic mass is 10.2. The van der Waals surface area contributed by atoms with E-state index < -0.39 is 0 Å². The SMILES string of the molecule is Cc1cccc(N(C)c2cnc(CO)cn2)c1. The van der Waals surface area contributed by atoms with Crippen molar-refractivity contribution >= 4 is 11.5 Å². The molecule has 2 rings (SSSR count). The van der Waals surface area contributed by atoms with Gasteiger partial charge in [-0.15, -0.1) is 0 Å². The fourth-order valence-electron chi connectivity index (χ4n) is 1.57. The molecule has 1 aromatic heterocycles. The fraction of sp³-hybridized carbons (Fsp3) is 0.231. The van der Waals surface area contributed by atoms with Crippen LogP contribution in [-0.2, 0) is 6.61 Å². The number of aromatic nitrogens is 2. The summed E-state index contributed by atoms with van der Waals surface area (Å²) in [6.07, 6.45) is 3.25. The molecule has 0 amide bonds. The molecule has 4 nitrogen and oxygen atoms in total. The van der Waals surface area contributed by atoms with Gasteiger partial charge in [0.15, 0.2) is 5.82 Å². The van der Waals surface area contributed by atoms with Gasteiger partial charge in [0.1, 0.15) is 0 Å². The predicted molar refractivity (Wildman–Crippen MR) is 67.2 cm³/mol. The molecular weight excluding hydrogens is 214 g/mol. The third-order valence-electron chi connectivity index (χ3n) is 2.59. The van der Waals surface area contributed by atoms with Gasteiger partial charge in [-0.3, -0.25) is 4.98 Å². The van der Waals surface area contributed by atoms with Crippen LogP contribution in [0.2, 0.25) is 0 Å². The smallest absolute Gasteiger partial charge is 0.151 e. The molecule has 0 aliphatic rings. The first kappa shape index (κ1) is 11.5. The second kappa shape index (κ2) is 4.93. The van der Waals surface area contributed by atoms with Crippen molar-refractivity contribution in [2.75, 3.05) is 11.9 Å². The summed E-state index contributed by atoms with van der Waals surface area (Å²) >= 11 is 0. The maximum absolute atomic E-state index is 8.90. The Balaban J connectivity index is 2.27. The standard InChI is InChI=1S/C13H15N3O/c1-10-4-3-5-12(6-10)16(2)13-8-14-11(9-17)7-15-13/h3-8,17H,9H2,1-2H3. The second-order valence-corrected chi connectivity index (χ2v) is 3.92. The highest BCUT2D eigenvalue weighted by Gasteiger charge is 2.05.